The van der Waals surface area contributed by atoms with Gasteiger partial charge in [0.15, 0.2) is 9.84 Å². The van der Waals surface area contributed by atoms with Gasteiger partial charge in [0.25, 0.3) is 0 Å². The Morgan fingerprint density at radius 3 is 2.30 bits per heavy atom. The highest BCUT2D eigenvalue weighted by molar-refractivity contribution is 7.91. The third kappa shape index (κ3) is 3.96. The number of carbonyl (C=O) groups excluding carboxylic acids is 1. The molecule has 0 radical (unpaired) electrons. The second kappa shape index (κ2) is 6.46. The van der Waals surface area contributed by atoms with E-state index in [1.54, 1.807) is 0 Å². The molecular weight excluding hydrogens is 274 g/mol. The summed E-state index contributed by atoms with van der Waals surface area (Å²) in [6.07, 6.45) is 6.07. The molecule has 0 spiro atoms. The molecule has 116 valence electrons. The standard InChI is InChI=1S/C15H27NO3S/c1-12(2)10-16(14-8-9-20(18,19)11-14)15(17)13-6-4-3-5-7-13/h12-14H,3-11H2,1-2H3/t14-/m1/s1. The molecular formula is C15H27NO3S. The fourth-order valence-electron chi connectivity index (χ4n) is 3.42. The maximum Gasteiger partial charge on any atom is 0.225 e. The minimum absolute atomic E-state index is 0.0863. The molecule has 1 saturated carbocycles. The highest BCUT2D eigenvalue weighted by atomic mass is 32.2. The van der Waals surface area contributed by atoms with E-state index in [0.29, 0.717) is 18.9 Å². The van der Waals surface area contributed by atoms with E-state index >= 15 is 0 Å². The van der Waals surface area contributed by atoms with Gasteiger partial charge in [-0.2, -0.15) is 0 Å². The van der Waals surface area contributed by atoms with Crippen molar-refractivity contribution in [3.8, 4) is 0 Å². The van der Waals surface area contributed by atoms with Gasteiger partial charge in [0.1, 0.15) is 0 Å². The van der Waals surface area contributed by atoms with E-state index in [1.165, 1.54) is 6.42 Å². The fraction of sp³-hybridized carbons (Fsp3) is 0.933. The van der Waals surface area contributed by atoms with Gasteiger partial charge >= 0.3 is 0 Å². The molecule has 1 heterocycles. The lowest BCUT2D eigenvalue weighted by Crippen LogP contribution is -2.46. The molecule has 1 aliphatic heterocycles. The molecule has 4 nitrogen and oxygen atoms in total. The minimum atomic E-state index is -2.93. The summed E-state index contributed by atoms with van der Waals surface area (Å²) in [7, 11) is -2.93. The molecule has 0 bridgehead atoms. The lowest BCUT2D eigenvalue weighted by molar-refractivity contribution is -0.139. The fourth-order valence-corrected chi connectivity index (χ4v) is 5.15. The van der Waals surface area contributed by atoms with E-state index in [0.717, 1.165) is 25.7 Å². The van der Waals surface area contributed by atoms with Crippen LogP contribution in [0.4, 0.5) is 0 Å². The second-order valence-electron chi connectivity index (χ2n) is 6.78. The molecule has 2 fully saturated rings. The van der Waals surface area contributed by atoms with Crippen molar-refractivity contribution < 1.29 is 13.2 Å². The van der Waals surface area contributed by atoms with E-state index < -0.39 is 9.84 Å². The van der Waals surface area contributed by atoms with Crippen LogP contribution in [0.2, 0.25) is 0 Å². The van der Waals surface area contributed by atoms with Crippen LogP contribution in [0.5, 0.6) is 0 Å². The van der Waals surface area contributed by atoms with Crippen LogP contribution >= 0.6 is 0 Å². The Hall–Kier alpha value is -0.580. The molecule has 0 aromatic rings. The number of sulfone groups is 1. The van der Waals surface area contributed by atoms with Gasteiger partial charge in [0.05, 0.1) is 11.5 Å². The lowest BCUT2D eigenvalue weighted by atomic mass is 9.87. The van der Waals surface area contributed by atoms with Gasteiger partial charge in [-0.05, 0) is 25.2 Å². The average molecular weight is 301 g/mol. The molecule has 1 saturated heterocycles. The topological polar surface area (TPSA) is 54.5 Å². The van der Waals surface area contributed by atoms with Crippen LogP contribution in [0, 0.1) is 11.8 Å². The average Bonchev–Trinajstić information content (AvgIpc) is 2.76. The molecule has 0 aromatic heterocycles. The number of hydrogen-bond acceptors (Lipinski definition) is 3. The van der Waals surface area contributed by atoms with Crippen LogP contribution < -0.4 is 0 Å². The van der Waals surface area contributed by atoms with Gasteiger partial charge in [-0.1, -0.05) is 33.1 Å². The first-order valence-corrected chi connectivity index (χ1v) is 9.72. The summed E-state index contributed by atoms with van der Waals surface area (Å²) in [6, 6.07) is -0.0863. The van der Waals surface area contributed by atoms with Crippen molar-refractivity contribution in [3.05, 3.63) is 0 Å². The number of rotatable bonds is 4. The Bertz CT molecular complexity index is 438. The van der Waals surface area contributed by atoms with Crippen molar-refractivity contribution in [2.24, 2.45) is 11.8 Å². The largest absolute Gasteiger partial charge is 0.338 e. The Morgan fingerprint density at radius 1 is 1.15 bits per heavy atom. The quantitative estimate of drug-likeness (QED) is 0.800. The van der Waals surface area contributed by atoms with E-state index in [2.05, 4.69) is 13.8 Å². The van der Waals surface area contributed by atoms with Crippen molar-refractivity contribution in [2.45, 2.75) is 58.4 Å². The first-order chi connectivity index (χ1) is 9.39. The maximum atomic E-state index is 12.8. The summed E-state index contributed by atoms with van der Waals surface area (Å²) in [5.74, 6) is 1.12. The van der Waals surface area contributed by atoms with E-state index in [9.17, 15) is 13.2 Å². The first kappa shape index (κ1) is 15.8. The van der Waals surface area contributed by atoms with Gasteiger partial charge in [-0.15, -0.1) is 0 Å². The molecule has 0 N–H and O–H groups in total. The van der Waals surface area contributed by atoms with Crippen LogP contribution in [-0.2, 0) is 14.6 Å². The van der Waals surface area contributed by atoms with Gasteiger partial charge in [0.2, 0.25) is 5.91 Å². The Labute approximate surface area is 122 Å². The normalized spacial score (nSPS) is 26.9. The lowest BCUT2D eigenvalue weighted by Gasteiger charge is -2.34. The van der Waals surface area contributed by atoms with Gasteiger partial charge < -0.3 is 4.90 Å². The van der Waals surface area contributed by atoms with Crippen LogP contribution in [-0.4, -0.2) is 43.3 Å². The zero-order chi connectivity index (χ0) is 14.8. The van der Waals surface area contributed by atoms with Crippen LogP contribution in [0.3, 0.4) is 0 Å². The second-order valence-corrected chi connectivity index (χ2v) is 9.00. The summed E-state index contributed by atoms with van der Waals surface area (Å²) in [5.41, 5.74) is 0. The highest BCUT2D eigenvalue weighted by Gasteiger charge is 2.37. The van der Waals surface area contributed by atoms with Crippen LogP contribution in [0.25, 0.3) is 0 Å². The summed E-state index contributed by atoms with van der Waals surface area (Å²) >= 11 is 0. The molecule has 1 aliphatic carbocycles. The molecule has 1 atom stereocenters. The van der Waals surface area contributed by atoms with Crippen molar-refractivity contribution in [1.29, 1.82) is 0 Å². The zero-order valence-corrected chi connectivity index (χ0v) is 13.5. The van der Waals surface area contributed by atoms with E-state index in [-0.39, 0.29) is 29.4 Å². The predicted octanol–water partition coefficient (Wildman–Crippen LogP) is 2.24. The van der Waals surface area contributed by atoms with Gasteiger partial charge in [-0.25, -0.2) is 8.42 Å². The van der Waals surface area contributed by atoms with Gasteiger partial charge in [-0.3, -0.25) is 4.79 Å². The number of nitrogens with zero attached hydrogens (tertiary/aromatic N) is 1. The third-order valence-corrected chi connectivity index (χ3v) is 6.20. The number of hydrogen-bond donors (Lipinski definition) is 0. The first-order valence-electron chi connectivity index (χ1n) is 7.90. The monoisotopic (exact) mass is 301 g/mol. The van der Waals surface area contributed by atoms with Crippen molar-refractivity contribution in [2.75, 3.05) is 18.1 Å². The minimum Gasteiger partial charge on any atom is -0.338 e. The van der Waals surface area contributed by atoms with Crippen LogP contribution in [0.15, 0.2) is 0 Å². The molecule has 2 rings (SSSR count). The smallest absolute Gasteiger partial charge is 0.225 e. The summed E-state index contributed by atoms with van der Waals surface area (Å²) in [4.78, 5) is 14.7. The number of carbonyl (C=O) groups is 1. The molecule has 5 heteroatoms. The molecule has 0 unspecified atom stereocenters. The summed E-state index contributed by atoms with van der Waals surface area (Å²) in [6.45, 7) is 4.87. The Morgan fingerprint density at radius 2 is 1.80 bits per heavy atom. The molecule has 20 heavy (non-hydrogen) atoms. The zero-order valence-electron chi connectivity index (χ0n) is 12.7. The van der Waals surface area contributed by atoms with Crippen LogP contribution in [0.1, 0.15) is 52.4 Å². The van der Waals surface area contributed by atoms with Crippen molar-refractivity contribution in [1.82, 2.24) is 4.90 Å². The Balaban J connectivity index is 2.08. The van der Waals surface area contributed by atoms with E-state index in [1.807, 2.05) is 4.90 Å². The molecule has 1 amide bonds. The molecule has 0 aromatic carbocycles. The number of amides is 1. The summed E-state index contributed by atoms with van der Waals surface area (Å²) in [5, 5.41) is 0. The highest BCUT2D eigenvalue weighted by Crippen LogP contribution is 2.28. The van der Waals surface area contributed by atoms with Gasteiger partial charge in [0, 0.05) is 18.5 Å². The maximum absolute atomic E-state index is 12.8. The predicted molar refractivity (Wildman–Crippen MR) is 80.2 cm³/mol. The van der Waals surface area contributed by atoms with Crippen molar-refractivity contribution in [3.63, 3.8) is 0 Å². The van der Waals surface area contributed by atoms with Crippen molar-refractivity contribution >= 4 is 15.7 Å². The van der Waals surface area contributed by atoms with E-state index in [4.69, 9.17) is 0 Å². The Kier molecular flexibility index (Phi) is 5.10. The third-order valence-electron chi connectivity index (χ3n) is 4.45. The molecule has 2 aliphatic rings. The summed E-state index contributed by atoms with van der Waals surface area (Å²) < 4.78 is 23.4. The SMILES string of the molecule is CC(C)CN(C(=O)C1CCCCC1)[C@@H]1CCS(=O)(=O)C1.